The van der Waals surface area contributed by atoms with Crippen LogP contribution in [0.25, 0.3) is 0 Å². The molecule has 2 atom stereocenters. The molecule has 110 valence electrons. The van der Waals surface area contributed by atoms with Gasteiger partial charge in [-0.2, -0.15) is 0 Å². The molecule has 2 aliphatic rings. The second-order valence-electron chi connectivity index (χ2n) is 5.59. The minimum Gasteiger partial charge on any atom is -0.469 e. The summed E-state index contributed by atoms with van der Waals surface area (Å²) in [6.45, 7) is 1.64. The van der Waals surface area contributed by atoms with Gasteiger partial charge in [0.25, 0.3) is 0 Å². The molecule has 4 rings (SSSR count). The minimum absolute atomic E-state index is 0.00958. The average Bonchev–Trinajstić information content (AvgIpc) is 3.23. The van der Waals surface area contributed by atoms with E-state index in [4.69, 9.17) is 4.42 Å². The Hall–Kier alpha value is -1.20. The monoisotopic (exact) mass is 319 g/mol. The fourth-order valence-electron chi connectivity index (χ4n) is 3.23. The number of thioether (sulfide) groups is 1. The van der Waals surface area contributed by atoms with Crippen LogP contribution in [0.1, 0.15) is 33.8 Å². The third-order valence-electron chi connectivity index (χ3n) is 4.35. The van der Waals surface area contributed by atoms with E-state index in [-0.39, 0.29) is 11.2 Å². The molecule has 2 aromatic rings. The first-order chi connectivity index (χ1) is 10.3. The zero-order chi connectivity index (χ0) is 14.2. The van der Waals surface area contributed by atoms with Gasteiger partial charge >= 0.3 is 0 Å². The number of likely N-dealkylation sites (tertiary alicyclic amines) is 1. The third kappa shape index (κ3) is 2.42. The molecule has 5 heteroatoms. The summed E-state index contributed by atoms with van der Waals surface area (Å²) >= 11 is 3.58. The molecule has 1 fully saturated rings. The lowest BCUT2D eigenvalue weighted by Gasteiger charge is -2.26. The average molecular weight is 319 g/mol. The Morgan fingerprint density at radius 2 is 2.33 bits per heavy atom. The summed E-state index contributed by atoms with van der Waals surface area (Å²) in [5.74, 6) is 2.71. The number of furan rings is 1. The molecule has 1 saturated heterocycles. The Labute approximate surface area is 132 Å². The van der Waals surface area contributed by atoms with Gasteiger partial charge in [0.1, 0.15) is 11.0 Å². The van der Waals surface area contributed by atoms with E-state index >= 15 is 0 Å². The van der Waals surface area contributed by atoms with Crippen LogP contribution < -0.4 is 0 Å². The van der Waals surface area contributed by atoms with Crippen LogP contribution in [0, 0.1) is 0 Å². The van der Waals surface area contributed by atoms with E-state index in [1.54, 1.807) is 29.4 Å². The molecule has 1 amide bonds. The van der Waals surface area contributed by atoms with Gasteiger partial charge in [0.2, 0.25) is 5.91 Å². The number of carbonyl (C=O) groups excluding carboxylic acids is 1. The van der Waals surface area contributed by atoms with E-state index in [9.17, 15) is 4.79 Å². The van der Waals surface area contributed by atoms with Crippen molar-refractivity contribution in [2.24, 2.45) is 0 Å². The summed E-state index contributed by atoms with van der Waals surface area (Å²) in [6.07, 6.45) is 3.83. The van der Waals surface area contributed by atoms with E-state index in [1.807, 2.05) is 17.0 Å². The SMILES string of the molecule is O=C(C1SCCc2sccc21)N1CCC(c2ccco2)C1. The zero-order valence-corrected chi connectivity index (χ0v) is 13.3. The number of hydrogen-bond donors (Lipinski definition) is 0. The van der Waals surface area contributed by atoms with Crippen molar-refractivity contribution in [2.45, 2.75) is 24.0 Å². The molecular weight excluding hydrogens is 302 g/mol. The second kappa shape index (κ2) is 5.54. The number of thiophene rings is 1. The van der Waals surface area contributed by atoms with Gasteiger partial charge in [-0.15, -0.1) is 23.1 Å². The van der Waals surface area contributed by atoms with Crippen LogP contribution in [0.3, 0.4) is 0 Å². The van der Waals surface area contributed by atoms with Crippen LogP contribution in [0.5, 0.6) is 0 Å². The summed E-state index contributed by atoms with van der Waals surface area (Å²) in [7, 11) is 0. The molecule has 2 unspecified atom stereocenters. The lowest BCUT2D eigenvalue weighted by molar-refractivity contribution is -0.129. The fourth-order valence-corrected chi connectivity index (χ4v) is 5.61. The van der Waals surface area contributed by atoms with Crippen LogP contribution in [0.2, 0.25) is 0 Å². The van der Waals surface area contributed by atoms with Gasteiger partial charge in [-0.05, 0) is 47.7 Å². The molecule has 2 aromatic heterocycles. The molecule has 0 aliphatic carbocycles. The van der Waals surface area contributed by atoms with E-state index in [0.29, 0.717) is 5.92 Å². The lowest BCUT2D eigenvalue weighted by atomic mass is 10.1. The van der Waals surface area contributed by atoms with Crippen LogP contribution in [-0.2, 0) is 11.2 Å². The van der Waals surface area contributed by atoms with Crippen molar-refractivity contribution in [3.63, 3.8) is 0 Å². The summed E-state index contributed by atoms with van der Waals surface area (Å²) in [5, 5.41) is 2.13. The second-order valence-corrected chi connectivity index (χ2v) is 7.80. The number of aryl methyl sites for hydroxylation is 1. The largest absolute Gasteiger partial charge is 0.469 e. The van der Waals surface area contributed by atoms with Gasteiger partial charge in [0.15, 0.2) is 0 Å². The van der Waals surface area contributed by atoms with E-state index in [2.05, 4.69) is 11.4 Å². The normalized spacial score (nSPS) is 25.0. The number of hydrogen-bond acceptors (Lipinski definition) is 4. The maximum atomic E-state index is 12.9. The number of fused-ring (bicyclic) bond motifs is 1. The van der Waals surface area contributed by atoms with E-state index in [1.165, 1.54) is 10.4 Å². The van der Waals surface area contributed by atoms with Gasteiger partial charge in [0.05, 0.1) is 6.26 Å². The third-order valence-corrected chi connectivity index (χ3v) is 6.57. The van der Waals surface area contributed by atoms with Crippen molar-refractivity contribution >= 4 is 29.0 Å². The Kier molecular flexibility index (Phi) is 3.55. The number of rotatable bonds is 2. The standard InChI is InChI=1S/C16H17NO2S2/c18-16(15-12-4-8-20-14(12)5-9-21-15)17-6-3-11(10-17)13-2-1-7-19-13/h1-2,4,7-8,11,15H,3,5-6,9-10H2. The van der Waals surface area contributed by atoms with Gasteiger partial charge in [0, 0.05) is 23.9 Å². The summed E-state index contributed by atoms with van der Waals surface area (Å²) in [4.78, 5) is 16.3. The minimum atomic E-state index is 0.00958. The van der Waals surface area contributed by atoms with Gasteiger partial charge in [-0.25, -0.2) is 0 Å². The Bertz CT molecular complexity index is 635. The molecule has 0 radical (unpaired) electrons. The molecule has 4 heterocycles. The van der Waals surface area contributed by atoms with E-state index in [0.717, 1.165) is 37.4 Å². The highest BCUT2D eigenvalue weighted by atomic mass is 32.2. The Morgan fingerprint density at radius 1 is 1.38 bits per heavy atom. The zero-order valence-electron chi connectivity index (χ0n) is 11.7. The van der Waals surface area contributed by atoms with Crippen LogP contribution >= 0.6 is 23.1 Å². The summed E-state index contributed by atoms with van der Waals surface area (Å²) in [6, 6.07) is 6.08. The molecule has 2 aliphatic heterocycles. The topological polar surface area (TPSA) is 33.5 Å². The first-order valence-electron chi connectivity index (χ1n) is 7.33. The van der Waals surface area contributed by atoms with Gasteiger partial charge in [-0.1, -0.05) is 0 Å². The smallest absolute Gasteiger partial charge is 0.240 e. The molecule has 0 aromatic carbocycles. The van der Waals surface area contributed by atoms with E-state index < -0.39 is 0 Å². The van der Waals surface area contributed by atoms with Crippen LogP contribution in [-0.4, -0.2) is 29.6 Å². The molecule has 0 bridgehead atoms. The highest BCUT2D eigenvalue weighted by molar-refractivity contribution is 8.00. The van der Waals surface area contributed by atoms with Crippen molar-refractivity contribution in [2.75, 3.05) is 18.8 Å². The molecule has 0 saturated carbocycles. The van der Waals surface area contributed by atoms with Crippen molar-refractivity contribution in [3.05, 3.63) is 46.0 Å². The van der Waals surface area contributed by atoms with Gasteiger partial charge in [-0.3, -0.25) is 4.79 Å². The summed E-state index contributed by atoms with van der Waals surface area (Å²) < 4.78 is 5.49. The van der Waals surface area contributed by atoms with Crippen LogP contribution in [0.15, 0.2) is 34.3 Å². The van der Waals surface area contributed by atoms with Crippen molar-refractivity contribution in [3.8, 4) is 0 Å². The highest BCUT2D eigenvalue weighted by Gasteiger charge is 2.35. The maximum absolute atomic E-state index is 12.9. The predicted octanol–water partition coefficient (Wildman–Crippen LogP) is 3.69. The lowest BCUT2D eigenvalue weighted by Crippen LogP contribution is -2.33. The highest BCUT2D eigenvalue weighted by Crippen LogP contribution is 2.41. The molecule has 21 heavy (non-hydrogen) atoms. The molecule has 3 nitrogen and oxygen atoms in total. The quantitative estimate of drug-likeness (QED) is 0.846. The predicted molar refractivity (Wildman–Crippen MR) is 85.9 cm³/mol. The molecule has 0 spiro atoms. The Morgan fingerprint density at radius 3 is 3.19 bits per heavy atom. The number of carbonyl (C=O) groups is 1. The van der Waals surface area contributed by atoms with Crippen molar-refractivity contribution in [1.29, 1.82) is 0 Å². The van der Waals surface area contributed by atoms with Crippen molar-refractivity contribution in [1.82, 2.24) is 4.90 Å². The Balaban J connectivity index is 1.50. The first kappa shape index (κ1) is 13.5. The molecular formula is C16H17NO2S2. The number of amides is 1. The summed E-state index contributed by atoms with van der Waals surface area (Å²) in [5.41, 5.74) is 1.25. The number of nitrogens with zero attached hydrogens (tertiary/aromatic N) is 1. The van der Waals surface area contributed by atoms with Crippen LogP contribution in [0.4, 0.5) is 0 Å². The maximum Gasteiger partial charge on any atom is 0.240 e. The molecule has 0 N–H and O–H groups in total. The van der Waals surface area contributed by atoms with Crippen molar-refractivity contribution < 1.29 is 9.21 Å². The first-order valence-corrected chi connectivity index (χ1v) is 9.26. The fraction of sp³-hybridized carbons (Fsp3) is 0.438. The van der Waals surface area contributed by atoms with Gasteiger partial charge < -0.3 is 9.32 Å².